The van der Waals surface area contributed by atoms with Gasteiger partial charge in [-0.25, -0.2) is 14.4 Å². The first-order chi connectivity index (χ1) is 14.6. The number of alkyl halides is 1. The molecule has 1 aromatic carbocycles. The van der Waals surface area contributed by atoms with E-state index in [2.05, 4.69) is 39.6 Å². The molecule has 1 aliphatic rings. The van der Waals surface area contributed by atoms with Crippen molar-refractivity contribution >= 4 is 28.3 Å². The first kappa shape index (κ1) is 18.9. The first-order valence-electron chi connectivity index (χ1n) is 9.95. The van der Waals surface area contributed by atoms with Crippen molar-refractivity contribution in [1.82, 2.24) is 19.9 Å². The summed E-state index contributed by atoms with van der Waals surface area (Å²) in [5, 5.41) is 5.86. The largest absolute Gasteiger partial charge is 0.349 e. The van der Waals surface area contributed by atoms with Crippen molar-refractivity contribution in [2.75, 3.05) is 0 Å². The third kappa shape index (κ3) is 3.61. The molecule has 0 saturated heterocycles. The van der Waals surface area contributed by atoms with E-state index in [-0.39, 0.29) is 11.9 Å². The number of halogens is 1. The minimum atomic E-state index is -0.803. The van der Waals surface area contributed by atoms with Crippen LogP contribution in [0.15, 0.2) is 54.2 Å². The van der Waals surface area contributed by atoms with E-state index in [9.17, 15) is 9.18 Å². The summed E-state index contributed by atoms with van der Waals surface area (Å²) < 4.78 is 15.1. The van der Waals surface area contributed by atoms with Crippen molar-refractivity contribution in [2.45, 2.75) is 31.5 Å². The summed E-state index contributed by atoms with van der Waals surface area (Å²) >= 11 is 1.62. The third-order valence-electron chi connectivity index (χ3n) is 5.58. The van der Waals surface area contributed by atoms with Crippen molar-refractivity contribution in [2.24, 2.45) is 7.05 Å². The number of thiazole rings is 1. The SMILES string of the molecule is Cn1ccc2nc(C(=O)NC3CC(F)C3)cc(Cc3ccc(-c4nccs4)cc3)c21. The summed E-state index contributed by atoms with van der Waals surface area (Å²) in [4.78, 5) is 21.6. The molecule has 0 atom stereocenters. The molecule has 5 nitrogen and oxygen atoms in total. The van der Waals surface area contributed by atoms with Gasteiger partial charge < -0.3 is 9.88 Å². The van der Waals surface area contributed by atoms with Crippen molar-refractivity contribution in [3.63, 3.8) is 0 Å². The van der Waals surface area contributed by atoms with E-state index in [0.29, 0.717) is 25.0 Å². The monoisotopic (exact) mass is 420 g/mol. The molecular weight excluding hydrogens is 399 g/mol. The Morgan fingerprint density at radius 1 is 1.27 bits per heavy atom. The van der Waals surface area contributed by atoms with Crippen LogP contribution < -0.4 is 5.32 Å². The number of aromatic nitrogens is 3. The number of carbonyl (C=O) groups excluding carboxylic acids is 1. The zero-order chi connectivity index (χ0) is 20.7. The van der Waals surface area contributed by atoms with Crippen molar-refractivity contribution < 1.29 is 9.18 Å². The number of rotatable bonds is 5. The molecule has 1 aliphatic carbocycles. The van der Waals surface area contributed by atoms with Crippen LogP contribution in [0.4, 0.5) is 4.39 Å². The number of benzene rings is 1. The zero-order valence-corrected chi connectivity index (χ0v) is 17.3. The van der Waals surface area contributed by atoms with Gasteiger partial charge in [0, 0.05) is 36.4 Å². The molecule has 0 unspecified atom stereocenters. The van der Waals surface area contributed by atoms with Crippen LogP contribution >= 0.6 is 11.3 Å². The lowest BCUT2D eigenvalue weighted by atomic mass is 9.90. The van der Waals surface area contributed by atoms with E-state index in [0.717, 1.165) is 32.7 Å². The maximum Gasteiger partial charge on any atom is 0.270 e. The van der Waals surface area contributed by atoms with Crippen LogP contribution in [0, 0.1) is 0 Å². The fourth-order valence-electron chi connectivity index (χ4n) is 3.92. The van der Waals surface area contributed by atoms with Crippen molar-refractivity contribution in [1.29, 1.82) is 0 Å². The molecule has 4 aromatic rings. The Morgan fingerprint density at radius 3 is 2.77 bits per heavy atom. The standard InChI is InChI=1S/C23H21FN4OS/c1-28-8-6-19-21(28)16(11-20(27-19)22(29)26-18-12-17(24)13-18)10-14-2-4-15(5-3-14)23-25-7-9-30-23/h2-9,11,17-18H,10,12-13H2,1H3,(H,26,29). The Morgan fingerprint density at radius 2 is 2.07 bits per heavy atom. The topological polar surface area (TPSA) is 59.8 Å². The predicted molar refractivity (Wildman–Crippen MR) is 116 cm³/mol. The molecule has 7 heteroatoms. The number of pyridine rings is 1. The second kappa shape index (κ2) is 7.65. The van der Waals surface area contributed by atoms with Gasteiger partial charge in [-0.2, -0.15) is 0 Å². The van der Waals surface area contributed by atoms with Gasteiger partial charge in [-0.15, -0.1) is 11.3 Å². The summed E-state index contributed by atoms with van der Waals surface area (Å²) in [6.45, 7) is 0. The van der Waals surface area contributed by atoms with E-state index in [1.807, 2.05) is 35.3 Å². The van der Waals surface area contributed by atoms with Crippen LogP contribution in [-0.2, 0) is 13.5 Å². The number of hydrogen-bond donors (Lipinski definition) is 1. The van der Waals surface area contributed by atoms with Crippen LogP contribution in [-0.4, -0.2) is 32.7 Å². The minimum Gasteiger partial charge on any atom is -0.349 e. The molecule has 1 fully saturated rings. The first-order valence-corrected chi connectivity index (χ1v) is 10.8. The van der Waals surface area contributed by atoms with Crippen LogP contribution in [0.3, 0.4) is 0 Å². The Hall–Kier alpha value is -3.06. The van der Waals surface area contributed by atoms with Gasteiger partial charge in [-0.1, -0.05) is 24.3 Å². The summed E-state index contributed by atoms with van der Waals surface area (Å²) in [7, 11) is 1.98. The Kier molecular flexibility index (Phi) is 4.83. The van der Waals surface area contributed by atoms with Gasteiger partial charge in [0.2, 0.25) is 0 Å². The molecule has 3 aromatic heterocycles. The highest BCUT2D eigenvalue weighted by atomic mass is 32.1. The van der Waals surface area contributed by atoms with Crippen molar-refractivity contribution in [3.05, 3.63) is 71.0 Å². The number of aryl methyl sites for hydroxylation is 1. The smallest absolute Gasteiger partial charge is 0.270 e. The summed E-state index contributed by atoms with van der Waals surface area (Å²) in [6, 6.07) is 12.0. The predicted octanol–water partition coefficient (Wildman–Crippen LogP) is 4.52. The molecule has 3 heterocycles. The van der Waals surface area contributed by atoms with Crippen molar-refractivity contribution in [3.8, 4) is 10.6 Å². The third-order valence-corrected chi connectivity index (χ3v) is 6.41. The lowest BCUT2D eigenvalue weighted by Crippen LogP contribution is -2.45. The second-order valence-corrected chi connectivity index (χ2v) is 8.67. The molecule has 0 spiro atoms. The molecular formula is C23H21FN4OS. The molecule has 152 valence electrons. The average molecular weight is 421 g/mol. The van der Waals surface area contributed by atoms with Gasteiger partial charge in [0.25, 0.3) is 5.91 Å². The molecule has 1 saturated carbocycles. The highest BCUT2D eigenvalue weighted by molar-refractivity contribution is 7.13. The number of nitrogens with zero attached hydrogens (tertiary/aromatic N) is 3. The van der Waals surface area contributed by atoms with Gasteiger partial charge in [0.15, 0.2) is 0 Å². The highest BCUT2D eigenvalue weighted by Crippen LogP contribution is 2.26. The molecule has 0 radical (unpaired) electrons. The molecule has 1 N–H and O–H groups in total. The van der Waals surface area contributed by atoms with Gasteiger partial charge in [0.05, 0.1) is 11.0 Å². The maximum atomic E-state index is 13.1. The van der Waals surface area contributed by atoms with E-state index in [1.54, 1.807) is 17.5 Å². The Balaban J connectivity index is 1.43. The van der Waals surface area contributed by atoms with Crippen LogP contribution in [0.1, 0.15) is 34.5 Å². The maximum absolute atomic E-state index is 13.1. The second-order valence-electron chi connectivity index (χ2n) is 7.78. The minimum absolute atomic E-state index is 0.0948. The molecule has 0 bridgehead atoms. The van der Waals surface area contributed by atoms with Gasteiger partial charge in [-0.05, 0) is 42.5 Å². The number of amides is 1. The molecule has 30 heavy (non-hydrogen) atoms. The number of fused-ring (bicyclic) bond motifs is 1. The summed E-state index contributed by atoms with van der Waals surface area (Å²) in [5.74, 6) is -0.238. The lowest BCUT2D eigenvalue weighted by molar-refractivity contribution is 0.0855. The average Bonchev–Trinajstić information content (AvgIpc) is 3.38. The molecule has 5 rings (SSSR count). The van der Waals surface area contributed by atoms with E-state index >= 15 is 0 Å². The summed E-state index contributed by atoms with van der Waals surface area (Å²) in [6.07, 6.45) is 4.41. The van der Waals surface area contributed by atoms with Gasteiger partial charge in [-0.3, -0.25) is 4.79 Å². The van der Waals surface area contributed by atoms with Crippen LogP contribution in [0.5, 0.6) is 0 Å². The van der Waals surface area contributed by atoms with Crippen LogP contribution in [0.2, 0.25) is 0 Å². The highest BCUT2D eigenvalue weighted by Gasteiger charge is 2.30. The van der Waals surface area contributed by atoms with Gasteiger partial charge in [0.1, 0.15) is 16.9 Å². The van der Waals surface area contributed by atoms with Crippen LogP contribution in [0.25, 0.3) is 21.6 Å². The molecule has 0 aliphatic heterocycles. The number of nitrogens with one attached hydrogen (secondary N) is 1. The van der Waals surface area contributed by atoms with E-state index < -0.39 is 6.17 Å². The quantitative estimate of drug-likeness (QED) is 0.517. The lowest BCUT2D eigenvalue weighted by Gasteiger charge is -2.30. The summed E-state index contributed by atoms with van der Waals surface area (Å²) in [5.41, 5.74) is 5.47. The van der Waals surface area contributed by atoms with Gasteiger partial charge >= 0.3 is 0 Å². The normalized spacial score (nSPS) is 18.3. The zero-order valence-electron chi connectivity index (χ0n) is 16.5. The Bertz CT molecular complexity index is 1190. The fourth-order valence-corrected chi connectivity index (χ4v) is 4.57. The van der Waals surface area contributed by atoms with E-state index in [4.69, 9.17) is 0 Å². The van der Waals surface area contributed by atoms with E-state index in [1.165, 1.54) is 0 Å². The fraction of sp³-hybridized carbons (Fsp3) is 0.261. The number of hydrogen-bond acceptors (Lipinski definition) is 4. The Labute approximate surface area is 177 Å². The molecule has 1 amide bonds. The number of carbonyl (C=O) groups is 1.